The molecule has 29 heavy (non-hydrogen) atoms. The lowest BCUT2D eigenvalue weighted by atomic mass is 9.83. The van der Waals surface area contributed by atoms with Crippen LogP contribution in [-0.4, -0.2) is 23.2 Å². The third kappa shape index (κ3) is 3.54. The van der Waals surface area contributed by atoms with Gasteiger partial charge < -0.3 is 10.2 Å². The maximum absolute atomic E-state index is 13.0. The van der Waals surface area contributed by atoms with Gasteiger partial charge in [0.25, 0.3) is 10.1 Å². The minimum Gasteiger partial charge on any atom is -0.508 e. The van der Waals surface area contributed by atoms with Gasteiger partial charge in [0.05, 0.1) is 20.1 Å². The minimum atomic E-state index is -5.16. The maximum Gasteiger partial charge on any atom is 0.283 e. The maximum atomic E-state index is 13.0. The Kier molecular flexibility index (Phi) is 5.98. The van der Waals surface area contributed by atoms with E-state index in [9.17, 15) is 23.2 Å². The molecule has 3 rings (SSSR count). The summed E-state index contributed by atoms with van der Waals surface area (Å²) in [6, 6.07) is 11.6. The standard InChI is InChI=1S/C19H12Cl4O5S/c20-12-6-5-10(9-14(12)22)19(29(26,27)28,11-3-1-2-4-15(11)24)17-16(25)8-7-13(21)18(17)23/h1-9,24-25H,(H,26,27,28). The van der Waals surface area contributed by atoms with Crippen molar-refractivity contribution in [3.8, 4) is 11.5 Å². The summed E-state index contributed by atoms with van der Waals surface area (Å²) in [4.78, 5) is 0. The molecule has 1 unspecified atom stereocenters. The third-order valence-corrected chi connectivity index (χ3v) is 7.40. The number of phenolic OH excluding ortho intramolecular Hbond substituents is 2. The summed E-state index contributed by atoms with van der Waals surface area (Å²) in [7, 11) is -5.16. The van der Waals surface area contributed by atoms with Crippen LogP contribution in [0.5, 0.6) is 11.5 Å². The van der Waals surface area contributed by atoms with Gasteiger partial charge in [-0.25, -0.2) is 0 Å². The Morgan fingerprint density at radius 1 is 0.759 bits per heavy atom. The Labute approximate surface area is 186 Å². The second-order valence-corrected chi connectivity index (χ2v) is 9.22. The predicted molar refractivity (Wildman–Crippen MR) is 114 cm³/mol. The largest absolute Gasteiger partial charge is 0.508 e. The van der Waals surface area contributed by atoms with Crippen molar-refractivity contribution in [3.05, 3.63) is 91.4 Å². The first kappa shape index (κ1) is 22.0. The van der Waals surface area contributed by atoms with Crippen LogP contribution < -0.4 is 0 Å². The molecule has 0 amide bonds. The second kappa shape index (κ2) is 7.87. The number of hydrogen-bond acceptors (Lipinski definition) is 4. The zero-order valence-corrected chi connectivity index (χ0v) is 18.1. The summed E-state index contributed by atoms with van der Waals surface area (Å²) in [6.45, 7) is 0. The molecule has 0 radical (unpaired) electrons. The Balaban J connectivity index is 2.66. The van der Waals surface area contributed by atoms with Crippen LogP contribution in [-0.2, 0) is 14.9 Å². The van der Waals surface area contributed by atoms with Crippen molar-refractivity contribution in [1.29, 1.82) is 0 Å². The summed E-state index contributed by atoms with van der Waals surface area (Å²) < 4.78 is 33.9. The Bertz CT molecular complexity index is 1210. The first-order valence-corrected chi connectivity index (χ1v) is 10.9. The van der Waals surface area contributed by atoms with E-state index in [1.807, 2.05) is 0 Å². The molecule has 0 fully saturated rings. The van der Waals surface area contributed by atoms with E-state index in [2.05, 4.69) is 0 Å². The van der Waals surface area contributed by atoms with Crippen LogP contribution in [0.1, 0.15) is 16.7 Å². The van der Waals surface area contributed by atoms with E-state index in [1.54, 1.807) is 0 Å². The van der Waals surface area contributed by atoms with E-state index in [0.29, 0.717) is 0 Å². The van der Waals surface area contributed by atoms with Crippen molar-refractivity contribution < 1.29 is 23.2 Å². The number of benzene rings is 3. The van der Waals surface area contributed by atoms with E-state index < -0.39 is 31.9 Å². The van der Waals surface area contributed by atoms with Gasteiger partial charge in [0, 0.05) is 11.1 Å². The average Bonchev–Trinajstić information content (AvgIpc) is 2.64. The molecular weight excluding hydrogens is 482 g/mol. The molecular formula is C19H12Cl4O5S. The van der Waals surface area contributed by atoms with E-state index in [0.717, 1.165) is 6.07 Å². The van der Waals surface area contributed by atoms with E-state index in [-0.39, 0.29) is 31.2 Å². The van der Waals surface area contributed by atoms with Gasteiger partial charge in [0.15, 0.2) is 4.75 Å². The van der Waals surface area contributed by atoms with Gasteiger partial charge in [-0.3, -0.25) is 4.55 Å². The molecule has 0 saturated carbocycles. The van der Waals surface area contributed by atoms with E-state index >= 15 is 0 Å². The smallest absolute Gasteiger partial charge is 0.283 e. The van der Waals surface area contributed by atoms with Gasteiger partial charge in [-0.1, -0.05) is 70.7 Å². The van der Waals surface area contributed by atoms with Gasteiger partial charge in [-0.05, 0) is 35.9 Å². The second-order valence-electron chi connectivity index (χ2n) is 6.06. The van der Waals surface area contributed by atoms with Crippen LogP contribution in [0.25, 0.3) is 0 Å². The molecule has 3 aromatic carbocycles. The van der Waals surface area contributed by atoms with E-state index in [1.165, 1.54) is 48.5 Å². The first-order chi connectivity index (χ1) is 13.5. The molecule has 3 N–H and O–H groups in total. The number of para-hydroxylation sites is 1. The summed E-state index contributed by atoms with van der Waals surface area (Å²) in [5, 5.41) is 20.8. The van der Waals surface area contributed by atoms with Gasteiger partial charge in [-0.2, -0.15) is 8.42 Å². The lowest BCUT2D eigenvalue weighted by Crippen LogP contribution is -2.38. The zero-order chi connectivity index (χ0) is 21.6. The molecule has 0 heterocycles. The molecule has 1 atom stereocenters. The monoisotopic (exact) mass is 492 g/mol. The van der Waals surface area contributed by atoms with Crippen LogP contribution in [0.3, 0.4) is 0 Å². The Morgan fingerprint density at radius 3 is 1.97 bits per heavy atom. The summed E-state index contributed by atoms with van der Waals surface area (Å²) in [5.41, 5.74) is -0.857. The fourth-order valence-corrected chi connectivity index (χ4v) is 5.37. The highest BCUT2D eigenvalue weighted by molar-refractivity contribution is 7.87. The normalized spacial score (nSPS) is 13.8. The fraction of sp³-hybridized carbons (Fsp3) is 0.0526. The molecule has 0 aliphatic carbocycles. The zero-order valence-electron chi connectivity index (χ0n) is 14.3. The van der Waals surface area contributed by atoms with Crippen molar-refractivity contribution in [3.63, 3.8) is 0 Å². The number of halogens is 4. The Morgan fingerprint density at radius 2 is 1.38 bits per heavy atom. The minimum absolute atomic E-state index is 0.0229. The summed E-state index contributed by atoms with van der Waals surface area (Å²) in [6.07, 6.45) is 0. The number of rotatable bonds is 4. The molecule has 0 aromatic heterocycles. The lowest BCUT2D eigenvalue weighted by molar-refractivity contribution is 0.428. The van der Waals surface area contributed by atoms with Gasteiger partial charge in [0.1, 0.15) is 11.5 Å². The third-order valence-electron chi connectivity index (χ3n) is 4.42. The van der Waals surface area contributed by atoms with Gasteiger partial charge >= 0.3 is 0 Å². The highest BCUT2D eigenvalue weighted by atomic mass is 35.5. The van der Waals surface area contributed by atoms with E-state index in [4.69, 9.17) is 46.4 Å². The molecule has 152 valence electrons. The SMILES string of the molecule is O=S(=O)(O)C(c1ccc(Cl)c(Cl)c1)(c1ccccc1O)c1c(O)ccc(Cl)c1Cl. The molecule has 10 heteroatoms. The van der Waals surface area contributed by atoms with Gasteiger partial charge in [-0.15, -0.1) is 0 Å². The first-order valence-electron chi connectivity index (χ1n) is 7.90. The lowest BCUT2D eigenvalue weighted by Gasteiger charge is -2.34. The molecule has 0 saturated heterocycles. The van der Waals surface area contributed by atoms with Crippen LogP contribution in [0, 0.1) is 0 Å². The quantitative estimate of drug-likeness (QED) is 0.311. The predicted octanol–water partition coefficient (Wildman–Crippen LogP) is 5.89. The van der Waals surface area contributed by atoms with Crippen LogP contribution in [0.4, 0.5) is 0 Å². The van der Waals surface area contributed by atoms with Crippen molar-refractivity contribution in [2.75, 3.05) is 0 Å². The van der Waals surface area contributed by atoms with Crippen molar-refractivity contribution in [1.82, 2.24) is 0 Å². The van der Waals surface area contributed by atoms with Crippen molar-refractivity contribution in [2.24, 2.45) is 0 Å². The molecule has 0 spiro atoms. The number of aromatic hydroxyl groups is 2. The summed E-state index contributed by atoms with van der Waals surface area (Å²) >= 11 is 24.5. The van der Waals surface area contributed by atoms with Crippen molar-refractivity contribution in [2.45, 2.75) is 4.75 Å². The van der Waals surface area contributed by atoms with Gasteiger partial charge in [0.2, 0.25) is 0 Å². The van der Waals surface area contributed by atoms with Crippen LogP contribution >= 0.6 is 46.4 Å². The highest BCUT2D eigenvalue weighted by Crippen LogP contribution is 2.53. The molecule has 0 aliphatic rings. The molecule has 3 aromatic rings. The highest BCUT2D eigenvalue weighted by Gasteiger charge is 2.53. The molecule has 0 bridgehead atoms. The average molecular weight is 494 g/mol. The number of phenols is 2. The van der Waals surface area contributed by atoms with Crippen LogP contribution in [0.2, 0.25) is 20.1 Å². The van der Waals surface area contributed by atoms with Crippen LogP contribution in [0.15, 0.2) is 54.6 Å². The topological polar surface area (TPSA) is 94.8 Å². The number of hydrogen-bond donors (Lipinski definition) is 3. The fourth-order valence-electron chi connectivity index (χ4n) is 3.21. The molecule has 0 aliphatic heterocycles. The summed E-state index contributed by atoms with van der Waals surface area (Å²) in [5.74, 6) is -1.06. The molecule has 5 nitrogen and oxygen atoms in total. The van der Waals surface area contributed by atoms with Crippen molar-refractivity contribution >= 4 is 56.5 Å². The Hall–Kier alpha value is -1.67.